The van der Waals surface area contributed by atoms with E-state index in [1.165, 1.54) is 0 Å². The van der Waals surface area contributed by atoms with Crippen LogP contribution in [0, 0.1) is 0 Å². The molecule has 16 heavy (non-hydrogen) atoms. The predicted octanol–water partition coefficient (Wildman–Crippen LogP) is 0.762. The van der Waals surface area contributed by atoms with Crippen molar-refractivity contribution in [1.29, 1.82) is 0 Å². The molecule has 0 radical (unpaired) electrons. The van der Waals surface area contributed by atoms with Crippen LogP contribution < -0.4 is 5.32 Å². The molecule has 1 N–H and O–H groups in total. The maximum Gasteiger partial charge on any atom is 0.138 e. The quantitative estimate of drug-likeness (QED) is 0.665. The van der Waals surface area contributed by atoms with E-state index in [2.05, 4.69) is 15.4 Å². The van der Waals surface area contributed by atoms with E-state index in [9.17, 15) is 0 Å². The van der Waals surface area contributed by atoms with Crippen LogP contribution in [0.15, 0.2) is 6.33 Å². The first-order valence-electron chi connectivity index (χ1n) is 5.85. The van der Waals surface area contributed by atoms with Crippen LogP contribution in [0.5, 0.6) is 0 Å². The predicted molar refractivity (Wildman–Crippen MR) is 63.3 cm³/mol. The second-order valence-electron chi connectivity index (χ2n) is 3.83. The summed E-state index contributed by atoms with van der Waals surface area (Å²) in [6.07, 6.45) is 4.70. The lowest BCUT2D eigenvalue weighted by Crippen LogP contribution is -2.29. The highest BCUT2D eigenvalue weighted by Gasteiger charge is 2.10. The fourth-order valence-electron chi connectivity index (χ4n) is 1.65. The van der Waals surface area contributed by atoms with Crippen molar-refractivity contribution < 1.29 is 4.74 Å². The lowest BCUT2D eigenvalue weighted by atomic mass is 10.1. The molecule has 1 unspecified atom stereocenters. The average molecular weight is 226 g/mol. The summed E-state index contributed by atoms with van der Waals surface area (Å²) in [5.41, 5.74) is 0. The molecule has 0 aromatic carbocycles. The highest BCUT2D eigenvalue weighted by molar-refractivity contribution is 4.88. The monoisotopic (exact) mass is 226 g/mol. The van der Waals surface area contributed by atoms with Gasteiger partial charge in [-0.3, -0.25) is 4.68 Å². The van der Waals surface area contributed by atoms with Crippen molar-refractivity contribution in [3.63, 3.8) is 0 Å². The molecule has 1 aromatic heterocycles. The van der Waals surface area contributed by atoms with E-state index in [4.69, 9.17) is 4.74 Å². The van der Waals surface area contributed by atoms with Crippen LogP contribution in [-0.4, -0.2) is 41.1 Å². The molecule has 0 bridgehead atoms. The third-order valence-corrected chi connectivity index (χ3v) is 2.69. The summed E-state index contributed by atoms with van der Waals surface area (Å²) in [4.78, 5) is 4.23. The first-order valence-corrected chi connectivity index (χ1v) is 5.85. The van der Waals surface area contributed by atoms with Crippen molar-refractivity contribution in [2.45, 2.75) is 32.2 Å². The van der Waals surface area contributed by atoms with Crippen molar-refractivity contribution in [2.75, 3.05) is 20.3 Å². The molecule has 1 atom stereocenters. The zero-order valence-corrected chi connectivity index (χ0v) is 10.4. The van der Waals surface area contributed by atoms with Gasteiger partial charge in [0.1, 0.15) is 12.2 Å². The molecule has 0 saturated heterocycles. The van der Waals surface area contributed by atoms with Crippen LogP contribution in [-0.2, 0) is 18.2 Å². The minimum atomic E-state index is 0.448. The van der Waals surface area contributed by atoms with Crippen molar-refractivity contribution in [3.05, 3.63) is 12.2 Å². The smallest absolute Gasteiger partial charge is 0.138 e. The van der Waals surface area contributed by atoms with Gasteiger partial charge in [0.15, 0.2) is 0 Å². The fraction of sp³-hybridized carbons (Fsp3) is 0.818. The highest BCUT2D eigenvalue weighted by atomic mass is 16.5. The summed E-state index contributed by atoms with van der Waals surface area (Å²) < 4.78 is 7.15. The summed E-state index contributed by atoms with van der Waals surface area (Å²) in [6, 6.07) is 0.448. The Bertz CT molecular complexity index is 287. The van der Waals surface area contributed by atoms with Gasteiger partial charge < -0.3 is 10.1 Å². The number of nitrogens with zero attached hydrogens (tertiary/aromatic N) is 3. The van der Waals surface area contributed by atoms with Crippen molar-refractivity contribution in [2.24, 2.45) is 7.05 Å². The summed E-state index contributed by atoms with van der Waals surface area (Å²) in [5, 5.41) is 7.37. The first-order chi connectivity index (χ1) is 7.77. The van der Waals surface area contributed by atoms with E-state index in [0.29, 0.717) is 6.04 Å². The Morgan fingerprint density at radius 2 is 2.38 bits per heavy atom. The van der Waals surface area contributed by atoms with E-state index in [0.717, 1.165) is 38.3 Å². The van der Waals surface area contributed by atoms with Crippen molar-refractivity contribution in [1.82, 2.24) is 20.1 Å². The topological polar surface area (TPSA) is 52.0 Å². The maximum absolute atomic E-state index is 5.33. The number of hydrogen-bond donors (Lipinski definition) is 1. The number of aryl methyl sites for hydroxylation is 1. The third kappa shape index (κ3) is 4.28. The Morgan fingerprint density at radius 3 is 2.94 bits per heavy atom. The Kier molecular flexibility index (Phi) is 6.03. The van der Waals surface area contributed by atoms with Crippen LogP contribution >= 0.6 is 0 Å². The molecule has 0 amide bonds. The molecule has 5 heteroatoms. The number of ether oxygens (including phenoxy) is 1. The molecule has 0 saturated carbocycles. The third-order valence-electron chi connectivity index (χ3n) is 2.69. The maximum atomic E-state index is 5.33. The molecule has 5 nitrogen and oxygen atoms in total. The van der Waals surface area contributed by atoms with Crippen LogP contribution in [0.3, 0.4) is 0 Å². The van der Waals surface area contributed by atoms with Gasteiger partial charge in [0.2, 0.25) is 0 Å². The zero-order valence-electron chi connectivity index (χ0n) is 10.4. The van der Waals surface area contributed by atoms with E-state index in [-0.39, 0.29) is 0 Å². The van der Waals surface area contributed by atoms with Crippen molar-refractivity contribution >= 4 is 0 Å². The van der Waals surface area contributed by atoms with Crippen LogP contribution in [0.25, 0.3) is 0 Å². The molecule has 0 spiro atoms. The van der Waals surface area contributed by atoms with E-state index >= 15 is 0 Å². The van der Waals surface area contributed by atoms with Gasteiger partial charge in [0.05, 0.1) is 0 Å². The van der Waals surface area contributed by atoms with E-state index < -0.39 is 0 Å². The molecular formula is C11H22N4O. The lowest BCUT2D eigenvalue weighted by molar-refractivity contribution is 0.141. The summed E-state index contributed by atoms with van der Waals surface area (Å²) >= 11 is 0. The normalized spacial score (nSPS) is 12.9. The van der Waals surface area contributed by atoms with Gasteiger partial charge in [-0.05, 0) is 26.8 Å². The van der Waals surface area contributed by atoms with Gasteiger partial charge in [0.25, 0.3) is 0 Å². The van der Waals surface area contributed by atoms with Crippen LogP contribution in [0.2, 0.25) is 0 Å². The zero-order chi connectivity index (χ0) is 11.8. The summed E-state index contributed by atoms with van der Waals surface area (Å²) in [7, 11) is 3.91. The van der Waals surface area contributed by atoms with Gasteiger partial charge in [-0.1, -0.05) is 0 Å². The largest absolute Gasteiger partial charge is 0.382 e. The fourth-order valence-corrected chi connectivity index (χ4v) is 1.65. The van der Waals surface area contributed by atoms with Crippen LogP contribution in [0.4, 0.5) is 0 Å². The Labute approximate surface area is 97.2 Å². The number of rotatable bonds is 8. The highest BCUT2D eigenvalue weighted by Crippen LogP contribution is 2.04. The van der Waals surface area contributed by atoms with Gasteiger partial charge in [0, 0.05) is 32.7 Å². The Hall–Kier alpha value is -0.940. The van der Waals surface area contributed by atoms with E-state index in [1.807, 2.05) is 25.7 Å². The number of aromatic nitrogens is 3. The number of hydrogen-bond acceptors (Lipinski definition) is 4. The Balaban J connectivity index is 2.29. The Morgan fingerprint density at radius 1 is 1.56 bits per heavy atom. The summed E-state index contributed by atoms with van der Waals surface area (Å²) in [5.74, 6) is 1.02. The minimum Gasteiger partial charge on any atom is -0.382 e. The molecule has 0 aliphatic carbocycles. The van der Waals surface area contributed by atoms with Crippen molar-refractivity contribution in [3.8, 4) is 0 Å². The average Bonchev–Trinajstić information content (AvgIpc) is 2.68. The number of nitrogens with one attached hydrogen (secondary N) is 1. The lowest BCUT2D eigenvalue weighted by Gasteiger charge is -2.15. The molecule has 0 aliphatic heterocycles. The standard InChI is InChI=1S/C11H22N4O/c1-4-16-7-5-6-10(12-2)8-11-13-9-14-15(11)3/h9-10,12H,4-8H2,1-3H3. The number of likely N-dealkylation sites (N-methyl/N-ethyl adjacent to an activating group) is 1. The van der Waals surface area contributed by atoms with Gasteiger partial charge in [-0.2, -0.15) is 5.10 Å². The second-order valence-corrected chi connectivity index (χ2v) is 3.83. The summed E-state index contributed by atoms with van der Waals surface area (Å²) in [6.45, 7) is 3.66. The van der Waals surface area contributed by atoms with Gasteiger partial charge in [-0.15, -0.1) is 0 Å². The van der Waals surface area contributed by atoms with E-state index in [1.54, 1.807) is 6.33 Å². The minimum absolute atomic E-state index is 0.448. The van der Waals surface area contributed by atoms with Gasteiger partial charge in [-0.25, -0.2) is 4.98 Å². The first kappa shape index (κ1) is 13.1. The molecular weight excluding hydrogens is 204 g/mol. The molecule has 92 valence electrons. The second kappa shape index (κ2) is 7.35. The molecule has 1 heterocycles. The molecule has 0 aliphatic rings. The molecule has 1 aromatic rings. The van der Waals surface area contributed by atoms with Gasteiger partial charge >= 0.3 is 0 Å². The molecule has 0 fully saturated rings. The SMILES string of the molecule is CCOCCCC(Cc1ncnn1C)NC. The molecule has 1 rings (SSSR count). The van der Waals surface area contributed by atoms with Crippen LogP contribution in [0.1, 0.15) is 25.6 Å².